The zero-order valence-electron chi connectivity index (χ0n) is 11.1. The predicted octanol–water partition coefficient (Wildman–Crippen LogP) is 3.14. The topological polar surface area (TPSA) is 34.1 Å². The molecule has 0 atom stereocenters. The van der Waals surface area contributed by atoms with Gasteiger partial charge in [-0.25, -0.2) is 9.37 Å². The summed E-state index contributed by atoms with van der Waals surface area (Å²) in [6.45, 7) is 2.93. The summed E-state index contributed by atoms with van der Waals surface area (Å²) in [6, 6.07) is 4.95. The Bertz CT molecular complexity index is 542. The summed E-state index contributed by atoms with van der Waals surface area (Å²) in [6.07, 6.45) is 0.912. The van der Waals surface area contributed by atoms with E-state index in [1.54, 1.807) is 17.4 Å². The Kier molecular flexibility index (Phi) is 4.87. The predicted molar refractivity (Wildman–Crippen MR) is 75.0 cm³/mol. The Labute approximate surface area is 116 Å². The van der Waals surface area contributed by atoms with E-state index in [0.29, 0.717) is 18.9 Å². The molecule has 0 spiro atoms. The van der Waals surface area contributed by atoms with Crippen LogP contribution < -0.4 is 10.1 Å². The molecule has 1 aromatic carbocycles. The first-order valence-electron chi connectivity index (χ1n) is 6.22. The number of nitrogens with one attached hydrogen (secondary N) is 1. The SMILES string of the molecule is CCc1nc(COc2c(F)cccc2CNC)cs1. The Hall–Kier alpha value is -1.46. The lowest BCUT2D eigenvalue weighted by Gasteiger charge is -2.11. The van der Waals surface area contributed by atoms with Gasteiger partial charge < -0.3 is 10.1 Å². The van der Waals surface area contributed by atoms with Crippen molar-refractivity contribution in [2.24, 2.45) is 0 Å². The third-order valence-corrected chi connectivity index (χ3v) is 3.72. The lowest BCUT2D eigenvalue weighted by molar-refractivity contribution is 0.282. The van der Waals surface area contributed by atoms with Crippen LogP contribution in [-0.2, 0) is 19.6 Å². The van der Waals surface area contributed by atoms with Gasteiger partial charge >= 0.3 is 0 Å². The Morgan fingerprint density at radius 3 is 2.95 bits per heavy atom. The van der Waals surface area contributed by atoms with E-state index in [1.807, 2.05) is 18.5 Å². The average Bonchev–Trinajstić information content (AvgIpc) is 2.86. The molecule has 102 valence electrons. The molecule has 2 rings (SSSR count). The van der Waals surface area contributed by atoms with Gasteiger partial charge in [0.25, 0.3) is 0 Å². The third-order valence-electron chi connectivity index (χ3n) is 2.68. The minimum Gasteiger partial charge on any atom is -0.484 e. The number of nitrogens with zero attached hydrogens (tertiary/aromatic N) is 1. The monoisotopic (exact) mass is 280 g/mol. The van der Waals surface area contributed by atoms with E-state index in [9.17, 15) is 4.39 Å². The number of aryl methyl sites for hydroxylation is 1. The molecular weight excluding hydrogens is 263 g/mol. The molecule has 0 aliphatic heterocycles. The van der Waals surface area contributed by atoms with Crippen molar-refractivity contribution < 1.29 is 9.13 Å². The maximum absolute atomic E-state index is 13.8. The molecule has 19 heavy (non-hydrogen) atoms. The van der Waals surface area contributed by atoms with Crippen LogP contribution in [0.5, 0.6) is 5.75 Å². The number of ether oxygens (including phenoxy) is 1. The zero-order valence-corrected chi connectivity index (χ0v) is 11.9. The third kappa shape index (κ3) is 3.52. The highest BCUT2D eigenvalue weighted by atomic mass is 32.1. The van der Waals surface area contributed by atoms with Crippen molar-refractivity contribution in [3.8, 4) is 5.75 Å². The van der Waals surface area contributed by atoms with E-state index >= 15 is 0 Å². The van der Waals surface area contributed by atoms with Gasteiger partial charge in [0.15, 0.2) is 11.6 Å². The Morgan fingerprint density at radius 2 is 2.26 bits per heavy atom. The maximum atomic E-state index is 13.8. The molecule has 0 aliphatic carbocycles. The van der Waals surface area contributed by atoms with Gasteiger partial charge in [0.1, 0.15) is 6.61 Å². The number of hydrogen-bond acceptors (Lipinski definition) is 4. The molecule has 1 aromatic heterocycles. The summed E-state index contributed by atoms with van der Waals surface area (Å²) in [5.41, 5.74) is 1.66. The van der Waals surface area contributed by atoms with E-state index in [1.165, 1.54) is 6.07 Å². The lowest BCUT2D eigenvalue weighted by atomic mass is 10.2. The molecule has 0 aliphatic rings. The second kappa shape index (κ2) is 6.63. The van der Waals surface area contributed by atoms with Crippen molar-refractivity contribution in [1.29, 1.82) is 0 Å². The molecule has 2 aromatic rings. The van der Waals surface area contributed by atoms with E-state index in [2.05, 4.69) is 17.2 Å². The summed E-state index contributed by atoms with van der Waals surface area (Å²) in [4.78, 5) is 4.40. The minimum atomic E-state index is -0.335. The summed E-state index contributed by atoms with van der Waals surface area (Å²) in [7, 11) is 1.82. The molecular formula is C14H17FN2OS. The lowest BCUT2D eigenvalue weighted by Crippen LogP contribution is -2.08. The van der Waals surface area contributed by atoms with Crippen molar-refractivity contribution in [1.82, 2.24) is 10.3 Å². The molecule has 0 unspecified atom stereocenters. The molecule has 5 heteroatoms. The van der Waals surface area contributed by atoms with Crippen molar-refractivity contribution >= 4 is 11.3 Å². The van der Waals surface area contributed by atoms with Gasteiger partial charge in [-0.1, -0.05) is 19.1 Å². The first-order valence-corrected chi connectivity index (χ1v) is 7.10. The van der Waals surface area contributed by atoms with E-state index in [0.717, 1.165) is 22.7 Å². The van der Waals surface area contributed by atoms with Gasteiger partial charge in [-0.15, -0.1) is 11.3 Å². The second-order valence-electron chi connectivity index (χ2n) is 4.13. The van der Waals surface area contributed by atoms with E-state index in [-0.39, 0.29) is 5.82 Å². The van der Waals surface area contributed by atoms with E-state index in [4.69, 9.17) is 4.74 Å². The van der Waals surface area contributed by atoms with Crippen LogP contribution in [0.1, 0.15) is 23.2 Å². The van der Waals surface area contributed by atoms with Crippen LogP contribution in [0.25, 0.3) is 0 Å². The summed E-state index contributed by atoms with van der Waals surface area (Å²) in [5.74, 6) is -0.0263. The average molecular weight is 280 g/mol. The smallest absolute Gasteiger partial charge is 0.165 e. The van der Waals surface area contributed by atoms with Gasteiger partial charge in [-0.2, -0.15) is 0 Å². The molecule has 0 amide bonds. The second-order valence-corrected chi connectivity index (χ2v) is 5.08. The fraction of sp³-hybridized carbons (Fsp3) is 0.357. The Morgan fingerprint density at radius 1 is 1.42 bits per heavy atom. The maximum Gasteiger partial charge on any atom is 0.165 e. The summed E-state index contributed by atoms with van der Waals surface area (Å²) < 4.78 is 19.4. The highest BCUT2D eigenvalue weighted by molar-refractivity contribution is 7.09. The number of hydrogen-bond donors (Lipinski definition) is 1. The first-order chi connectivity index (χ1) is 9.24. The van der Waals surface area contributed by atoms with Gasteiger partial charge in [-0.3, -0.25) is 0 Å². The number of para-hydroxylation sites is 1. The van der Waals surface area contributed by atoms with Crippen molar-refractivity contribution in [2.75, 3.05) is 7.05 Å². The number of halogens is 1. The fourth-order valence-electron chi connectivity index (χ4n) is 1.77. The van der Waals surface area contributed by atoms with Crippen LogP contribution in [0.3, 0.4) is 0 Å². The van der Waals surface area contributed by atoms with Crippen LogP contribution in [0.2, 0.25) is 0 Å². The van der Waals surface area contributed by atoms with Gasteiger partial charge in [0.05, 0.1) is 10.7 Å². The van der Waals surface area contributed by atoms with Crippen LogP contribution in [0, 0.1) is 5.82 Å². The quantitative estimate of drug-likeness (QED) is 0.882. The summed E-state index contributed by atoms with van der Waals surface area (Å²) >= 11 is 1.61. The highest BCUT2D eigenvalue weighted by Crippen LogP contribution is 2.24. The largest absolute Gasteiger partial charge is 0.484 e. The van der Waals surface area contributed by atoms with Crippen LogP contribution in [0.15, 0.2) is 23.6 Å². The normalized spacial score (nSPS) is 10.7. The van der Waals surface area contributed by atoms with Crippen LogP contribution in [-0.4, -0.2) is 12.0 Å². The molecule has 0 fully saturated rings. The van der Waals surface area contributed by atoms with Gasteiger partial charge in [0.2, 0.25) is 0 Å². The van der Waals surface area contributed by atoms with Crippen LogP contribution in [0.4, 0.5) is 4.39 Å². The number of benzene rings is 1. The zero-order chi connectivity index (χ0) is 13.7. The minimum absolute atomic E-state index is 0.300. The van der Waals surface area contributed by atoms with Gasteiger partial charge in [-0.05, 0) is 19.5 Å². The van der Waals surface area contributed by atoms with Crippen LogP contribution >= 0.6 is 11.3 Å². The molecule has 3 nitrogen and oxygen atoms in total. The standard InChI is InChI=1S/C14H17FN2OS/c1-3-13-17-11(9-19-13)8-18-14-10(7-16-2)5-4-6-12(14)15/h4-6,9,16H,3,7-8H2,1-2H3. The molecule has 0 saturated carbocycles. The van der Waals surface area contributed by atoms with Crippen molar-refractivity contribution in [3.05, 3.63) is 45.7 Å². The van der Waals surface area contributed by atoms with Gasteiger partial charge in [0, 0.05) is 17.5 Å². The first kappa shape index (κ1) is 14.0. The number of rotatable bonds is 6. The number of aromatic nitrogens is 1. The molecule has 0 saturated heterocycles. The highest BCUT2D eigenvalue weighted by Gasteiger charge is 2.10. The number of thiazole rings is 1. The van der Waals surface area contributed by atoms with Crippen molar-refractivity contribution in [2.45, 2.75) is 26.5 Å². The van der Waals surface area contributed by atoms with Crippen molar-refractivity contribution in [3.63, 3.8) is 0 Å². The molecule has 1 N–H and O–H groups in total. The summed E-state index contributed by atoms with van der Waals surface area (Å²) in [5, 5.41) is 6.03. The van der Waals surface area contributed by atoms with E-state index < -0.39 is 0 Å². The molecule has 1 heterocycles. The molecule has 0 bridgehead atoms. The Balaban J connectivity index is 2.09. The fourth-order valence-corrected chi connectivity index (χ4v) is 2.50. The molecule has 0 radical (unpaired) electrons.